The van der Waals surface area contributed by atoms with Crippen LogP contribution in [0.4, 0.5) is 0 Å². The van der Waals surface area contributed by atoms with E-state index in [0.717, 1.165) is 12.8 Å². The number of esters is 1. The fourth-order valence-corrected chi connectivity index (χ4v) is 1.17. The van der Waals surface area contributed by atoms with E-state index in [-0.39, 0.29) is 12.6 Å². The summed E-state index contributed by atoms with van der Waals surface area (Å²) < 4.78 is 5.06. The Hall–Kier alpha value is -0.830. The van der Waals surface area contributed by atoms with Crippen LogP contribution < -0.4 is 0 Å². The number of aliphatic hydroxyl groups excluding tert-OH is 1. The van der Waals surface area contributed by atoms with Crippen LogP contribution in [0.2, 0.25) is 0 Å². The normalized spacial score (nSPS) is 11.5. The molecule has 0 aliphatic heterocycles. The highest BCUT2D eigenvalue weighted by atomic mass is 16.5. The average Bonchev–Trinajstić information content (AvgIpc) is 2.25. The molecule has 88 valence electrons. The maximum Gasteiger partial charge on any atom is 0.333 e. The van der Waals surface area contributed by atoms with Crippen LogP contribution in [0.25, 0.3) is 0 Å². The van der Waals surface area contributed by atoms with Crippen molar-refractivity contribution in [3.63, 3.8) is 0 Å². The van der Waals surface area contributed by atoms with Gasteiger partial charge in [0.05, 0.1) is 6.61 Å². The average molecular weight is 214 g/mol. The van der Waals surface area contributed by atoms with Crippen LogP contribution in [-0.2, 0) is 9.53 Å². The van der Waals surface area contributed by atoms with E-state index in [1.807, 2.05) is 0 Å². The van der Waals surface area contributed by atoms with Crippen LogP contribution in [0.1, 0.15) is 46.0 Å². The summed E-state index contributed by atoms with van der Waals surface area (Å²) in [7, 11) is 0. The van der Waals surface area contributed by atoms with Gasteiger partial charge < -0.3 is 9.84 Å². The first kappa shape index (κ1) is 14.2. The Balaban J connectivity index is 3.55. The zero-order valence-electron chi connectivity index (χ0n) is 9.79. The lowest BCUT2D eigenvalue weighted by Gasteiger charge is -2.04. The third-order valence-corrected chi connectivity index (χ3v) is 2.13. The molecule has 3 heteroatoms. The summed E-state index contributed by atoms with van der Waals surface area (Å²) in [5, 5.41) is 8.57. The third-order valence-electron chi connectivity index (χ3n) is 2.13. The summed E-state index contributed by atoms with van der Waals surface area (Å²) >= 11 is 0. The molecule has 0 heterocycles. The van der Waals surface area contributed by atoms with E-state index in [9.17, 15) is 4.79 Å². The minimum atomic E-state index is -0.264. The van der Waals surface area contributed by atoms with Gasteiger partial charge in [0.15, 0.2) is 0 Å². The molecule has 0 aromatic heterocycles. The highest BCUT2D eigenvalue weighted by Crippen LogP contribution is 2.02. The molecule has 0 aliphatic carbocycles. The van der Waals surface area contributed by atoms with Gasteiger partial charge in [-0.25, -0.2) is 4.79 Å². The molecule has 0 radical (unpaired) electrons. The van der Waals surface area contributed by atoms with Gasteiger partial charge in [-0.05, 0) is 19.8 Å². The van der Waals surface area contributed by atoms with Gasteiger partial charge >= 0.3 is 5.97 Å². The fraction of sp³-hybridized carbons (Fsp3) is 0.750. The molecule has 3 nitrogen and oxygen atoms in total. The number of aliphatic hydroxyl groups is 1. The van der Waals surface area contributed by atoms with Gasteiger partial charge in [0.25, 0.3) is 0 Å². The number of hydrogen-bond acceptors (Lipinski definition) is 3. The molecule has 0 spiro atoms. The number of ether oxygens (including phenoxy) is 1. The summed E-state index contributed by atoms with van der Waals surface area (Å²) in [5.74, 6) is -0.264. The first-order valence-electron chi connectivity index (χ1n) is 5.67. The van der Waals surface area contributed by atoms with E-state index >= 15 is 0 Å². The molecule has 0 bridgehead atoms. The van der Waals surface area contributed by atoms with Gasteiger partial charge in [-0.3, -0.25) is 0 Å². The van der Waals surface area contributed by atoms with E-state index in [2.05, 4.69) is 6.92 Å². The van der Waals surface area contributed by atoms with Crippen molar-refractivity contribution in [1.82, 2.24) is 0 Å². The lowest BCUT2D eigenvalue weighted by atomic mass is 10.2. The summed E-state index contributed by atoms with van der Waals surface area (Å²) in [6.07, 6.45) is 6.64. The van der Waals surface area contributed by atoms with E-state index in [1.54, 1.807) is 13.0 Å². The van der Waals surface area contributed by atoms with E-state index in [4.69, 9.17) is 9.84 Å². The number of carbonyl (C=O) groups is 1. The second kappa shape index (κ2) is 9.71. The lowest BCUT2D eigenvalue weighted by Crippen LogP contribution is -2.07. The summed E-state index contributed by atoms with van der Waals surface area (Å²) in [6.45, 7) is 4.43. The fourth-order valence-electron chi connectivity index (χ4n) is 1.17. The molecule has 0 aliphatic rings. The second-order valence-corrected chi connectivity index (χ2v) is 3.60. The largest absolute Gasteiger partial charge is 0.462 e. The van der Waals surface area contributed by atoms with Crippen LogP contribution in [-0.4, -0.2) is 24.3 Å². The minimum Gasteiger partial charge on any atom is -0.462 e. The van der Waals surface area contributed by atoms with E-state index in [0.29, 0.717) is 18.6 Å². The van der Waals surface area contributed by atoms with Crippen molar-refractivity contribution >= 4 is 5.97 Å². The molecule has 0 fully saturated rings. The maximum absolute atomic E-state index is 11.3. The van der Waals surface area contributed by atoms with E-state index < -0.39 is 0 Å². The molecule has 0 aromatic carbocycles. The van der Waals surface area contributed by atoms with Gasteiger partial charge in [-0.2, -0.15) is 0 Å². The van der Waals surface area contributed by atoms with Crippen molar-refractivity contribution in [2.24, 2.45) is 0 Å². The Labute approximate surface area is 92.1 Å². The Morgan fingerprint density at radius 3 is 2.67 bits per heavy atom. The van der Waals surface area contributed by atoms with Crippen molar-refractivity contribution in [3.8, 4) is 0 Å². The maximum atomic E-state index is 11.3. The summed E-state index contributed by atoms with van der Waals surface area (Å²) in [4.78, 5) is 11.3. The van der Waals surface area contributed by atoms with Gasteiger partial charge in [-0.1, -0.05) is 32.3 Å². The smallest absolute Gasteiger partial charge is 0.333 e. The van der Waals surface area contributed by atoms with Gasteiger partial charge in [0.1, 0.15) is 0 Å². The van der Waals surface area contributed by atoms with Crippen LogP contribution in [0.5, 0.6) is 0 Å². The van der Waals surface area contributed by atoms with Gasteiger partial charge in [-0.15, -0.1) is 0 Å². The number of carbonyl (C=O) groups excluding carboxylic acids is 1. The molecule has 0 amide bonds. The Kier molecular flexibility index (Phi) is 9.18. The van der Waals surface area contributed by atoms with Gasteiger partial charge in [0.2, 0.25) is 0 Å². The Morgan fingerprint density at radius 1 is 1.33 bits per heavy atom. The molecular formula is C12H22O3. The zero-order chi connectivity index (χ0) is 11.5. The predicted molar refractivity (Wildman–Crippen MR) is 60.6 cm³/mol. The van der Waals surface area contributed by atoms with Crippen molar-refractivity contribution < 1.29 is 14.6 Å². The number of rotatable bonds is 8. The van der Waals surface area contributed by atoms with Crippen LogP contribution in [0.15, 0.2) is 11.6 Å². The molecule has 0 unspecified atom stereocenters. The molecule has 0 aromatic rings. The highest BCUT2D eigenvalue weighted by molar-refractivity contribution is 5.87. The topological polar surface area (TPSA) is 46.5 Å². The SMILES string of the molecule is CCCCCCOC(=O)C(C)=CCCO. The Morgan fingerprint density at radius 2 is 2.07 bits per heavy atom. The molecule has 0 saturated heterocycles. The highest BCUT2D eigenvalue weighted by Gasteiger charge is 2.04. The van der Waals surface area contributed by atoms with Crippen LogP contribution >= 0.6 is 0 Å². The molecular weight excluding hydrogens is 192 g/mol. The number of unbranched alkanes of at least 4 members (excludes halogenated alkanes) is 3. The van der Waals surface area contributed by atoms with Crippen molar-refractivity contribution in [2.45, 2.75) is 46.0 Å². The molecule has 0 atom stereocenters. The lowest BCUT2D eigenvalue weighted by molar-refractivity contribution is -0.139. The summed E-state index contributed by atoms with van der Waals surface area (Å²) in [6, 6.07) is 0. The number of hydrogen-bond donors (Lipinski definition) is 1. The standard InChI is InChI=1S/C12H22O3/c1-3-4-5-6-10-15-12(14)11(2)8-7-9-13/h8,13H,3-7,9-10H2,1-2H3. The summed E-state index contributed by atoms with van der Waals surface area (Å²) in [5.41, 5.74) is 0.583. The van der Waals surface area contributed by atoms with Crippen molar-refractivity contribution in [2.75, 3.05) is 13.2 Å². The third kappa shape index (κ3) is 8.18. The van der Waals surface area contributed by atoms with Crippen LogP contribution in [0, 0.1) is 0 Å². The molecule has 1 N–H and O–H groups in total. The first-order valence-corrected chi connectivity index (χ1v) is 5.67. The van der Waals surface area contributed by atoms with Crippen molar-refractivity contribution in [1.29, 1.82) is 0 Å². The Bertz CT molecular complexity index is 197. The van der Waals surface area contributed by atoms with Gasteiger partial charge in [0, 0.05) is 12.2 Å². The van der Waals surface area contributed by atoms with E-state index in [1.165, 1.54) is 12.8 Å². The van der Waals surface area contributed by atoms with Crippen LogP contribution in [0.3, 0.4) is 0 Å². The zero-order valence-corrected chi connectivity index (χ0v) is 9.79. The quantitative estimate of drug-likeness (QED) is 0.383. The predicted octanol–water partition coefficient (Wildman–Crippen LogP) is 2.44. The minimum absolute atomic E-state index is 0.0706. The second-order valence-electron chi connectivity index (χ2n) is 3.60. The monoisotopic (exact) mass is 214 g/mol. The molecule has 15 heavy (non-hydrogen) atoms. The molecule has 0 rings (SSSR count). The molecule has 0 saturated carbocycles. The van der Waals surface area contributed by atoms with Crippen molar-refractivity contribution in [3.05, 3.63) is 11.6 Å². The first-order chi connectivity index (χ1) is 7.22.